The van der Waals surface area contributed by atoms with Gasteiger partial charge in [-0.25, -0.2) is 4.98 Å². The second-order valence-corrected chi connectivity index (χ2v) is 7.76. The van der Waals surface area contributed by atoms with Gasteiger partial charge in [-0.15, -0.1) is 0 Å². The van der Waals surface area contributed by atoms with Crippen LogP contribution in [0.5, 0.6) is 0 Å². The van der Waals surface area contributed by atoms with E-state index >= 15 is 0 Å². The molecule has 0 aliphatic carbocycles. The Bertz CT molecular complexity index is 960. The van der Waals surface area contributed by atoms with Gasteiger partial charge in [0.15, 0.2) is 0 Å². The molecule has 2 aliphatic rings. The van der Waals surface area contributed by atoms with Crippen LogP contribution < -0.4 is 0 Å². The number of amides is 1. The van der Waals surface area contributed by atoms with Crippen LogP contribution >= 0.6 is 11.3 Å². The van der Waals surface area contributed by atoms with E-state index in [0.717, 1.165) is 24.5 Å². The zero-order valence-electron chi connectivity index (χ0n) is 14.5. The molecule has 8 heteroatoms. The van der Waals surface area contributed by atoms with E-state index in [1.165, 1.54) is 5.56 Å². The number of carbonyl (C=O) groups is 1. The van der Waals surface area contributed by atoms with Crippen LogP contribution in [0.3, 0.4) is 0 Å². The summed E-state index contributed by atoms with van der Waals surface area (Å²) in [6.45, 7) is 2.48. The maximum absolute atomic E-state index is 12.7. The summed E-state index contributed by atoms with van der Waals surface area (Å²) in [5, 5.41) is 8.45. The fourth-order valence-corrected chi connectivity index (χ4v) is 4.50. The molecule has 1 saturated heterocycles. The number of nitrogens with zero attached hydrogens (tertiary/aromatic N) is 5. The molecule has 134 valence electrons. The highest BCUT2D eigenvalue weighted by Crippen LogP contribution is 2.35. The number of aromatic nitrogens is 4. The van der Waals surface area contributed by atoms with Crippen molar-refractivity contribution in [3.8, 4) is 11.3 Å². The molecule has 0 aromatic carbocycles. The zero-order chi connectivity index (χ0) is 17.7. The van der Waals surface area contributed by atoms with Gasteiger partial charge in [0.05, 0.1) is 25.0 Å². The molecule has 1 spiro atoms. The predicted molar refractivity (Wildman–Crippen MR) is 96.8 cm³/mol. The number of carbonyl (C=O) groups excluding carboxylic acids is 1. The smallest absolute Gasteiger partial charge is 0.274 e. The van der Waals surface area contributed by atoms with Crippen LogP contribution in [0.4, 0.5) is 0 Å². The summed E-state index contributed by atoms with van der Waals surface area (Å²) < 4.78 is 10.1. The largest absolute Gasteiger partial charge is 0.363 e. The van der Waals surface area contributed by atoms with Crippen molar-refractivity contribution in [2.45, 2.75) is 25.2 Å². The van der Waals surface area contributed by atoms with Gasteiger partial charge in [0, 0.05) is 30.7 Å². The molecule has 1 unspecified atom stereocenters. The van der Waals surface area contributed by atoms with Crippen molar-refractivity contribution < 1.29 is 9.53 Å². The second-order valence-electron chi connectivity index (χ2n) is 6.98. The molecule has 1 atom stereocenters. The van der Waals surface area contributed by atoms with Gasteiger partial charge >= 0.3 is 0 Å². The topological polar surface area (TPSA) is 65.2 Å². The average Bonchev–Trinajstić information content (AvgIpc) is 3.41. The van der Waals surface area contributed by atoms with Crippen LogP contribution in [0.2, 0.25) is 0 Å². The van der Waals surface area contributed by atoms with E-state index in [9.17, 15) is 4.79 Å². The molecule has 3 aromatic heterocycles. The van der Waals surface area contributed by atoms with E-state index in [-0.39, 0.29) is 11.5 Å². The van der Waals surface area contributed by atoms with Gasteiger partial charge < -0.3 is 14.2 Å². The number of ether oxygens (including phenoxy) is 1. The van der Waals surface area contributed by atoms with Crippen molar-refractivity contribution in [3.63, 3.8) is 0 Å². The van der Waals surface area contributed by atoms with E-state index in [4.69, 9.17) is 4.74 Å². The number of aryl methyl sites for hydroxylation is 1. The molecule has 0 bridgehead atoms. The Morgan fingerprint density at radius 3 is 3.04 bits per heavy atom. The van der Waals surface area contributed by atoms with E-state index < -0.39 is 0 Å². The normalized spacial score (nSPS) is 22.1. The zero-order valence-corrected chi connectivity index (χ0v) is 15.3. The third-order valence-electron chi connectivity index (χ3n) is 5.25. The van der Waals surface area contributed by atoms with Crippen molar-refractivity contribution in [1.29, 1.82) is 0 Å². The molecule has 5 heterocycles. The van der Waals surface area contributed by atoms with Crippen molar-refractivity contribution in [2.24, 2.45) is 7.05 Å². The highest BCUT2D eigenvalue weighted by Gasteiger charge is 2.45. The molecule has 1 amide bonds. The summed E-state index contributed by atoms with van der Waals surface area (Å²) >= 11 is 1.68. The lowest BCUT2D eigenvalue weighted by Crippen LogP contribution is -2.45. The van der Waals surface area contributed by atoms with E-state index in [1.807, 2.05) is 18.1 Å². The van der Waals surface area contributed by atoms with E-state index in [1.54, 1.807) is 28.3 Å². The molecular formula is C18H19N5O2S. The first-order valence-corrected chi connectivity index (χ1v) is 9.58. The van der Waals surface area contributed by atoms with Crippen LogP contribution in [0.1, 0.15) is 22.7 Å². The molecule has 0 N–H and O–H groups in total. The lowest BCUT2D eigenvalue weighted by Gasteiger charge is -2.35. The quantitative estimate of drug-likeness (QED) is 0.694. The number of imidazole rings is 1. The summed E-state index contributed by atoms with van der Waals surface area (Å²) in [6, 6.07) is 3.88. The van der Waals surface area contributed by atoms with Gasteiger partial charge in [0.25, 0.3) is 5.91 Å². The third kappa shape index (κ3) is 2.48. The van der Waals surface area contributed by atoms with Gasteiger partial charge in [-0.05, 0) is 23.9 Å². The second kappa shape index (κ2) is 5.78. The predicted octanol–water partition coefficient (Wildman–Crippen LogP) is 2.16. The highest BCUT2D eigenvalue weighted by atomic mass is 32.1. The Balaban J connectivity index is 1.39. The van der Waals surface area contributed by atoms with Gasteiger partial charge in [-0.1, -0.05) is 0 Å². The first-order chi connectivity index (χ1) is 12.6. The van der Waals surface area contributed by atoms with Crippen molar-refractivity contribution in [2.75, 3.05) is 13.1 Å². The van der Waals surface area contributed by atoms with Crippen molar-refractivity contribution >= 4 is 17.2 Å². The van der Waals surface area contributed by atoms with Gasteiger partial charge in [0.1, 0.15) is 23.7 Å². The van der Waals surface area contributed by atoms with Gasteiger partial charge in [-0.2, -0.15) is 16.4 Å². The summed E-state index contributed by atoms with van der Waals surface area (Å²) in [5.41, 5.74) is 2.45. The maximum atomic E-state index is 12.7. The molecule has 1 fully saturated rings. The van der Waals surface area contributed by atoms with Crippen LogP contribution in [0.15, 0.2) is 35.3 Å². The molecule has 5 rings (SSSR count). The number of hydrogen-bond donors (Lipinski definition) is 0. The van der Waals surface area contributed by atoms with Crippen LogP contribution in [-0.4, -0.2) is 48.8 Å². The minimum absolute atomic E-state index is 0.0273. The summed E-state index contributed by atoms with van der Waals surface area (Å²) in [7, 11) is 1.82. The number of likely N-dealkylation sites (tertiary alicyclic amines) is 1. The van der Waals surface area contributed by atoms with Gasteiger partial charge in [0.2, 0.25) is 0 Å². The third-order valence-corrected chi connectivity index (χ3v) is 5.93. The lowest BCUT2D eigenvalue weighted by atomic mass is 10.0. The van der Waals surface area contributed by atoms with Crippen LogP contribution in [0, 0.1) is 0 Å². The Hall–Kier alpha value is -2.45. The Morgan fingerprint density at radius 1 is 1.35 bits per heavy atom. The summed E-state index contributed by atoms with van der Waals surface area (Å²) in [6.07, 6.45) is 4.54. The van der Waals surface area contributed by atoms with Crippen molar-refractivity contribution in [1.82, 2.24) is 24.2 Å². The van der Waals surface area contributed by atoms with Gasteiger partial charge in [-0.3, -0.25) is 9.48 Å². The minimum Gasteiger partial charge on any atom is -0.363 e. The number of fused-ring (bicyclic) bond motifs is 1. The molecule has 3 aromatic rings. The molecule has 7 nitrogen and oxygen atoms in total. The average molecular weight is 369 g/mol. The Kier molecular flexibility index (Phi) is 3.51. The van der Waals surface area contributed by atoms with E-state index in [2.05, 4.69) is 31.5 Å². The Labute approximate surface area is 154 Å². The Morgan fingerprint density at radius 2 is 2.27 bits per heavy atom. The summed E-state index contributed by atoms with van der Waals surface area (Å²) in [4.78, 5) is 19.1. The number of rotatable bonds is 2. The fourth-order valence-electron chi connectivity index (χ4n) is 3.85. The standard InChI is InChI=1S/C18H19N5O2S/c1-21-5-2-14(20-21)17(24)22-6-4-18(11-22)12-23-15(13-3-7-26-10-13)8-19-16(23)9-25-18/h2-3,5,7-8,10H,4,6,9,11-12H2,1H3. The van der Waals surface area contributed by atoms with Crippen molar-refractivity contribution in [3.05, 3.63) is 46.8 Å². The monoisotopic (exact) mass is 369 g/mol. The fraction of sp³-hybridized carbons (Fsp3) is 0.389. The first kappa shape index (κ1) is 15.8. The highest BCUT2D eigenvalue weighted by molar-refractivity contribution is 7.08. The van der Waals surface area contributed by atoms with E-state index in [0.29, 0.717) is 25.4 Å². The lowest BCUT2D eigenvalue weighted by molar-refractivity contribution is -0.0804. The van der Waals surface area contributed by atoms with Crippen LogP contribution in [-0.2, 0) is 24.9 Å². The molecule has 0 saturated carbocycles. The minimum atomic E-state index is -0.344. The number of hydrogen-bond acceptors (Lipinski definition) is 5. The number of thiophene rings is 1. The molecular weight excluding hydrogens is 350 g/mol. The van der Waals surface area contributed by atoms with Crippen LogP contribution in [0.25, 0.3) is 11.3 Å². The SMILES string of the molecule is Cn1ccc(C(=O)N2CCC3(C2)Cn2c(-c4ccsc4)cnc2CO3)n1. The maximum Gasteiger partial charge on any atom is 0.274 e. The summed E-state index contributed by atoms with van der Waals surface area (Å²) in [5.74, 6) is 0.923. The molecule has 26 heavy (non-hydrogen) atoms. The first-order valence-electron chi connectivity index (χ1n) is 8.63. The molecule has 0 radical (unpaired) electrons. The molecule has 2 aliphatic heterocycles.